The van der Waals surface area contributed by atoms with Gasteiger partial charge in [-0.05, 0) is 25.2 Å². The molecular formula is C19H16F2N6O3S. The number of ether oxygens (including phenoxy) is 2. The van der Waals surface area contributed by atoms with Crippen LogP contribution in [0.15, 0.2) is 42.9 Å². The number of hydrogen-bond donors (Lipinski definition) is 2. The molecule has 0 fully saturated rings. The molecule has 9 nitrogen and oxygen atoms in total. The van der Waals surface area contributed by atoms with Crippen molar-refractivity contribution < 1.29 is 23.0 Å². The molecule has 4 heterocycles. The normalized spacial score (nSPS) is 12.9. The fourth-order valence-electron chi connectivity index (χ4n) is 2.78. The molecule has 12 heteroatoms. The third-order valence-electron chi connectivity index (χ3n) is 4.22. The summed E-state index contributed by atoms with van der Waals surface area (Å²) in [6.07, 6.45) is 3.53. The summed E-state index contributed by atoms with van der Waals surface area (Å²) in [6.45, 7) is 0.0623. The van der Waals surface area contributed by atoms with Crippen LogP contribution in [0.25, 0.3) is 0 Å². The topological polar surface area (TPSA) is 102 Å². The fraction of sp³-hybridized carbons (Fsp3) is 0.158. The largest absolute Gasteiger partial charge is 0.435 e. The van der Waals surface area contributed by atoms with E-state index in [0.29, 0.717) is 5.69 Å². The Kier molecular flexibility index (Phi) is 6.09. The van der Waals surface area contributed by atoms with Crippen LogP contribution in [0.3, 0.4) is 0 Å². The molecule has 3 aromatic rings. The quantitative estimate of drug-likeness (QED) is 0.527. The van der Waals surface area contributed by atoms with Gasteiger partial charge in [0.1, 0.15) is 5.69 Å². The van der Waals surface area contributed by atoms with Gasteiger partial charge in [0.15, 0.2) is 29.0 Å². The summed E-state index contributed by atoms with van der Waals surface area (Å²) in [6, 6.07) is 5.56. The zero-order valence-corrected chi connectivity index (χ0v) is 16.9. The van der Waals surface area contributed by atoms with Crippen molar-refractivity contribution in [2.75, 3.05) is 11.8 Å². The standard InChI is InChI=1S/C19H16F2N6O3S/c1-22-31-26-17-16(21)11(4-6-23-17)9-27-10-14-15(30-19(27)28)7-12(8-25-14)29-18-13(20)3-2-5-24-18/h2-8,22H,9-10H2,1H3,(H,23,26). The molecule has 0 saturated carbocycles. The minimum atomic E-state index is -0.675. The number of aromatic nitrogens is 3. The van der Waals surface area contributed by atoms with Gasteiger partial charge in [-0.1, -0.05) is 0 Å². The lowest BCUT2D eigenvalue weighted by Gasteiger charge is -2.27. The Hall–Kier alpha value is -3.51. The van der Waals surface area contributed by atoms with Gasteiger partial charge in [0.25, 0.3) is 5.88 Å². The Morgan fingerprint density at radius 3 is 2.94 bits per heavy atom. The van der Waals surface area contributed by atoms with Gasteiger partial charge in [0.2, 0.25) is 0 Å². The average Bonchev–Trinajstić information content (AvgIpc) is 2.76. The number of carbonyl (C=O) groups is 1. The molecular weight excluding hydrogens is 430 g/mol. The van der Waals surface area contributed by atoms with Gasteiger partial charge in [-0.2, -0.15) is 0 Å². The van der Waals surface area contributed by atoms with E-state index < -0.39 is 17.7 Å². The molecule has 2 N–H and O–H groups in total. The molecule has 0 aliphatic carbocycles. The average molecular weight is 446 g/mol. The van der Waals surface area contributed by atoms with E-state index in [4.69, 9.17) is 9.47 Å². The van der Waals surface area contributed by atoms with Crippen LogP contribution >= 0.6 is 12.1 Å². The zero-order valence-electron chi connectivity index (χ0n) is 16.1. The Morgan fingerprint density at radius 2 is 2.13 bits per heavy atom. The summed E-state index contributed by atoms with van der Waals surface area (Å²) >= 11 is 1.07. The predicted octanol–water partition coefficient (Wildman–Crippen LogP) is 3.65. The highest BCUT2D eigenvalue weighted by atomic mass is 32.2. The monoisotopic (exact) mass is 446 g/mol. The van der Waals surface area contributed by atoms with Crippen molar-refractivity contribution in [3.8, 4) is 17.4 Å². The van der Waals surface area contributed by atoms with Crippen molar-refractivity contribution in [1.29, 1.82) is 0 Å². The predicted molar refractivity (Wildman–Crippen MR) is 108 cm³/mol. The van der Waals surface area contributed by atoms with Crippen molar-refractivity contribution >= 4 is 24.0 Å². The van der Waals surface area contributed by atoms with E-state index in [1.54, 1.807) is 7.05 Å². The maximum atomic E-state index is 14.7. The van der Waals surface area contributed by atoms with E-state index in [-0.39, 0.29) is 41.8 Å². The van der Waals surface area contributed by atoms with Gasteiger partial charge in [0.05, 0.1) is 19.3 Å². The van der Waals surface area contributed by atoms with Crippen LogP contribution in [-0.2, 0) is 13.1 Å². The summed E-state index contributed by atoms with van der Waals surface area (Å²) in [4.78, 5) is 25.7. The van der Waals surface area contributed by atoms with Crippen molar-refractivity contribution in [3.05, 3.63) is 65.7 Å². The lowest BCUT2D eigenvalue weighted by atomic mass is 10.2. The van der Waals surface area contributed by atoms with E-state index in [1.807, 2.05) is 0 Å². The second-order valence-corrected chi connectivity index (χ2v) is 7.09. The number of rotatable bonds is 7. The van der Waals surface area contributed by atoms with E-state index in [9.17, 15) is 13.6 Å². The maximum Gasteiger partial charge on any atom is 0.415 e. The summed E-state index contributed by atoms with van der Waals surface area (Å²) in [7, 11) is 1.68. The summed E-state index contributed by atoms with van der Waals surface area (Å²) < 4.78 is 44.5. The minimum Gasteiger partial charge on any atom is -0.435 e. The van der Waals surface area contributed by atoms with E-state index >= 15 is 0 Å². The first-order valence-corrected chi connectivity index (χ1v) is 9.83. The van der Waals surface area contributed by atoms with Crippen LogP contribution in [0.2, 0.25) is 0 Å². The molecule has 160 valence electrons. The summed E-state index contributed by atoms with van der Waals surface area (Å²) in [5, 5.41) is 0. The molecule has 0 bridgehead atoms. The number of fused-ring (bicyclic) bond motifs is 1. The first-order chi connectivity index (χ1) is 15.0. The van der Waals surface area contributed by atoms with Gasteiger partial charge < -0.3 is 9.47 Å². The van der Waals surface area contributed by atoms with Gasteiger partial charge in [0, 0.05) is 36.2 Å². The van der Waals surface area contributed by atoms with E-state index in [1.165, 1.54) is 47.8 Å². The van der Waals surface area contributed by atoms with Crippen molar-refractivity contribution in [2.45, 2.75) is 13.1 Å². The van der Waals surface area contributed by atoms with Crippen molar-refractivity contribution in [2.24, 2.45) is 0 Å². The van der Waals surface area contributed by atoms with Gasteiger partial charge in [-0.25, -0.2) is 28.3 Å². The SMILES string of the molecule is CNSNc1nccc(CN2Cc3ncc(Oc4ncccc4F)cc3OC2=O)c1F. The first-order valence-electron chi connectivity index (χ1n) is 9.01. The van der Waals surface area contributed by atoms with E-state index in [0.717, 1.165) is 12.1 Å². The van der Waals surface area contributed by atoms with Crippen LogP contribution in [-0.4, -0.2) is 33.0 Å². The number of nitrogens with one attached hydrogen (secondary N) is 2. The Labute approximate surface area is 180 Å². The molecule has 0 spiro atoms. The lowest BCUT2D eigenvalue weighted by Crippen LogP contribution is -2.37. The molecule has 31 heavy (non-hydrogen) atoms. The molecule has 0 aromatic carbocycles. The van der Waals surface area contributed by atoms with Crippen LogP contribution in [0.1, 0.15) is 11.3 Å². The van der Waals surface area contributed by atoms with Gasteiger partial charge in [-0.15, -0.1) is 0 Å². The number of amides is 1. The number of halogens is 2. The number of anilines is 1. The molecule has 0 unspecified atom stereocenters. The lowest BCUT2D eigenvalue weighted by molar-refractivity contribution is 0.133. The Morgan fingerprint density at radius 1 is 1.26 bits per heavy atom. The van der Waals surface area contributed by atoms with Gasteiger partial charge in [-0.3, -0.25) is 14.6 Å². The molecule has 4 rings (SSSR count). The Balaban J connectivity index is 1.49. The molecule has 3 aromatic heterocycles. The highest BCUT2D eigenvalue weighted by Gasteiger charge is 2.28. The van der Waals surface area contributed by atoms with Crippen molar-refractivity contribution in [3.63, 3.8) is 0 Å². The number of pyridine rings is 3. The zero-order chi connectivity index (χ0) is 21.8. The highest BCUT2D eigenvalue weighted by molar-refractivity contribution is 7.98. The number of hydrogen-bond acceptors (Lipinski definition) is 9. The van der Waals surface area contributed by atoms with Gasteiger partial charge >= 0.3 is 6.09 Å². The van der Waals surface area contributed by atoms with Crippen LogP contribution in [0.4, 0.5) is 19.4 Å². The third-order valence-corrected chi connectivity index (χ3v) is 4.72. The fourth-order valence-corrected chi connectivity index (χ4v) is 3.12. The van der Waals surface area contributed by atoms with Crippen LogP contribution in [0, 0.1) is 11.6 Å². The molecule has 0 radical (unpaired) electrons. The second-order valence-electron chi connectivity index (χ2n) is 6.27. The minimum absolute atomic E-state index is 0.0371. The van der Waals surface area contributed by atoms with Crippen LogP contribution in [0.5, 0.6) is 17.4 Å². The Bertz CT molecular complexity index is 1120. The molecule has 0 atom stereocenters. The number of nitrogens with zero attached hydrogens (tertiary/aromatic N) is 4. The molecule has 1 aliphatic heterocycles. The highest BCUT2D eigenvalue weighted by Crippen LogP contribution is 2.31. The smallest absolute Gasteiger partial charge is 0.415 e. The van der Waals surface area contributed by atoms with Crippen LogP contribution < -0.4 is 18.9 Å². The van der Waals surface area contributed by atoms with E-state index in [2.05, 4.69) is 24.4 Å². The summed E-state index contributed by atoms with van der Waals surface area (Å²) in [5.41, 5.74) is 0.715. The molecule has 1 aliphatic rings. The third kappa shape index (κ3) is 4.64. The first kappa shape index (κ1) is 20.8. The maximum absolute atomic E-state index is 14.7. The molecule has 0 saturated heterocycles. The van der Waals surface area contributed by atoms with Crippen molar-refractivity contribution in [1.82, 2.24) is 24.6 Å². The second kappa shape index (κ2) is 9.10. The number of carbonyl (C=O) groups excluding carboxylic acids is 1. The summed E-state index contributed by atoms with van der Waals surface area (Å²) in [5.74, 6) is -1.04. The molecule has 1 amide bonds.